The van der Waals surface area contributed by atoms with Crippen molar-refractivity contribution in [3.05, 3.63) is 53.1 Å². The first-order valence-electron chi connectivity index (χ1n) is 12.3. The lowest BCUT2D eigenvalue weighted by molar-refractivity contribution is -0.173. The fourth-order valence-corrected chi connectivity index (χ4v) is 8.70. The first-order chi connectivity index (χ1) is 16.1. The van der Waals surface area contributed by atoms with Gasteiger partial charge < -0.3 is 10.2 Å². The summed E-state index contributed by atoms with van der Waals surface area (Å²) in [4.78, 5) is 12.4. The number of benzene rings is 1. The van der Waals surface area contributed by atoms with Crippen LogP contribution < -0.4 is 0 Å². The van der Waals surface area contributed by atoms with Gasteiger partial charge in [-0.05, 0) is 97.6 Å². The molecule has 1 aromatic carbocycles. The Labute approximate surface area is 204 Å². The molecule has 0 bridgehead atoms. The lowest BCUT2D eigenvalue weighted by atomic mass is 9.45. The van der Waals surface area contributed by atoms with Gasteiger partial charge in [0.2, 0.25) is 5.12 Å². The van der Waals surface area contributed by atoms with Crippen molar-refractivity contribution in [2.45, 2.75) is 64.1 Å². The molecule has 0 aliphatic heterocycles. The van der Waals surface area contributed by atoms with Crippen molar-refractivity contribution in [1.82, 2.24) is 9.78 Å². The highest BCUT2D eigenvalue weighted by molar-refractivity contribution is 7.96. The molecule has 0 amide bonds. The van der Waals surface area contributed by atoms with Crippen molar-refractivity contribution < 1.29 is 19.4 Å². The van der Waals surface area contributed by atoms with Crippen LogP contribution in [0.5, 0.6) is 0 Å². The molecule has 7 atom stereocenters. The molecule has 2 N–H and O–H groups in total. The van der Waals surface area contributed by atoms with Crippen molar-refractivity contribution in [1.29, 1.82) is 0 Å². The van der Waals surface area contributed by atoms with E-state index in [0.29, 0.717) is 12.8 Å². The number of hydrogen-bond donors (Lipinski definition) is 3. The molecule has 1 heterocycles. The van der Waals surface area contributed by atoms with E-state index < -0.39 is 22.2 Å². The number of hydrogen-bond acceptors (Lipinski definition) is 4. The van der Waals surface area contributed by atoms with Gasteiger partial charge in [0, 0.05) is 5.41 Å². The summed E-state index contributed by atoms with van der Waals surface area (Å²) < 4.78 is 15.3. The van der Waals surface area contributed by atoms with Crippen LogP contribution in [-0.2, 0) is 11.2 Å². The van der Waals surface area contributed by atoms with Gasteiger partial charge in [-0.1, -0.05) is 19.4 Å². The van der Waals surface area contributed by atoms with Gasteiger partial charge in [0.05, 0.1) is 23.7 Å². The number of carbonyl (C=O) groups excluding carboxylic acids is 1. The molecule has 7 unspecified atom stereocenters. The Hall–Kier alpha value is -1.96. The Kier molecular flexibility index (Phi) is 4.82. The van der Waals surface area contributed by atoms with Crippen LogP contribution in [0.25, 0.3) is 11.8 Å². The standard InChI is InChI=1S/C27H31FN2O3S/c1-25-12-15-14-29-30(18-6-4-17(28)5-7-18)21(15)11-16(25)3-8-19-20-9-10-27(33,24(32)34)26(20,2)13-22(31)23(19)25/h4-7,11,14,19-20,22-23,31,33H,3,8-10,12-13H2,1-2H3,(H,32,34). The number of carbonyl (C=O) groups is 1. The van der Waals surface area contributed by atoms with Gasteiger partial charge in [-0.2, -0.15) is 5.10 Å². The molecule has 2 aromatic rings. The fraction of sp³-hybridized carbons (Fsp3) is 0.556. The predicted molar refractivity (Wildman–Crippen MR) is 130 cm³/mol. The first kappa shape index (κ1) is 22.5. The van der Waals surface area contributed by atoms with Crippen LogP contribution in [-0.4, -0.2) is 36.8 Å². The van der Waals surface area contributed by atoms with Crippen LogP contribution in [0.4, 0.5) is 4.39 Å². The van der Waals surface area contributed by atoms with E-state index in [9.17, 15) is 19.4 Å². The summed E-state index contributed by atoms with van der Waals surface area (Å²) in [5, 5.41) is 27.0. The van der Waals surface area contributed by atoms with Gasteiger partial charge in [-0.25, -0.2) is 9.07 Å². The molecule has 0 saturated heterocycles. The van der Waals surface area contributed by atoms with E-state index in [1.807, 2.05) is 17.8 Å². The van der Waals surface area contributed by atoms with Crippen molar-refractivity contribution in [2.75, 3.05) is 0 Å². The predicted octanol–water partition coefficient (Wildman–Crippen LogP) is 4.35. The topological polar surface area (TPSA) is 75.3 Å². The summed E-state index contributed by atoms with van der Waals surface area (Å²) in [5.41, 5.74) is 1.97. The number of halogens is 1. The van der Waals surface area contributed by atoms with E-state index in [-0.39, 0.29) is 29.0 Å². The molecule has 6 rings (SSSR count). The number of thiol groups is 1. The van der Waals surface area contributed by atoms with Gasteiger partial charge in [0.1, 0.15) is 11.4 Å². The number of nitrogens with zero attached hydrogens (tertiary/aromatic N) is 2. The molecule has 4 aliphatic rings. The van der Waals surface area contributed by atoms with Gasteiger partial charge in [-0.3, -0.25) is 4.79 Å². The second-order valence-electron chi connectivity index (χ2n) is 11.4. The number of aromatic nitrogens is 2. The minimum Gasteiger partial charge on any atom is -0.393 e. The van der Waals surface area contributed by atoms with E-state index in [0.717, 1.165) is 42.6 Å². The van der Waals surface area contributed by atoms with Gasteiger partial charge in [0.15, 0.2) is 0 Å². The Bertz CT molecular complexity index is 1210. The van der Waals surface area contributed by atoms with E-state index in [4.69, 9.17) is 0 Å². The largest absolute Gasteiger partial charge is 0.393 e. The Morgan fingerprint density at radius 2 is 1.97 bits per heavy atom. The summed E-state index contributed by atoms with van der Waals surface area (Å²) in [6.07, 6.45) is 7.77. The first-order valence-corrected chi connectivity index (χ1v) is 12.7. The highest BCUT2D eigenvalue weighted by Gasteiger charge is 2.68. The molecule has 1 aromatic heterocycles. The molecule has 4 aliphatic carbocycles. The maximum absolute atomic E-state index is 13.4. The van der Waals surface area contributed by atoms with E-state index in [1.165, 1.54) is 17.7 Å². The second kappa shape index (κ2) is 7.28. The quantitative estimate of drug-likeness (QED) is 0.557. The summed E-state index contributed by atoms with van der Waals surface area (Å²) >= 11 is 4.05. The molecule has 0 radical (unpaired) electrons. The minimum absolute atomic E-state index is 0.0604. The lowest BCUT2D eigenvalue weighted by Crippen LogP contribution is -2.61. The normalized spacial score (nSPS) is 40.6. The van der Waals surface area contributed by atoms with Crippen LogP contribution in [0.3, 0.4) is 0 Å². The molecule has 180 valence electrons. The molecular formula is C27H31FN2O3S. The molecule has 3 fully saturated rings. The molecule has 34 heavy (non-hydrogen) atoms. The third kappa shape index (κ3) is 2.80. The highest BCUT2D eigenvalue weighted by atomic mass is 32.1. The molecule has 0 spiro atoms. The summed E-state index contributed by atoms with van der Waals surface area (Å²) in [6, 6.07) is 6.37. The molecule has 5 nitrogen and oxygen atoms in total. The molecule has 7 heteroatoms. The van der Waals surface area contributed by atoms with Crippen molar-refractivity contribution in [3.63, 3.8) is 0 Å². The van der Waals surface area contributed by atoms with Crippen molar-refractivity contribution in [2.24, 2.45) is 28.6 Å². The fourth-order valence-electron chi connectivity index (χ4n) is 8.33. The highest BCUT2D eigenvalue weighted by Crippen LogP contribution is 2.67. The maximum atomic E-state index is 13.4. The zero-order chi connectivity index (χ0) is 24.0. The van der Waals surface area contributed by atoms with Crippen molar-refractivity contribution >= 4 is 23.8 Å². The number of fused-ring (bicyclic) bond motifs is 6. The van der Waals surface area contributed by atoms with Crippen LogP contribution in [0.2, 0.25) is 0 Å². The lowest BCUT2D eigenvalue weighted by Gasteiger charge is -2.60. The monoisotopic (exact) mass is 482 g/mol. The average Bonchev–Trinajstić information content (AvgIpc) is 3.30. The third-order valence-electron chi connectivity index (χ3n) is 10.0. The Morgan fingerprint density at radius 3 is 2.68 bits per heavy atom. The molecular weight excluding hydrogens is 451 g/mol. The number of aliphatic hydroxyl groups excluding tert-OH is 1. The average molecular weight is 483 g/mol. The zero-order valence-electron chi connectivity index (χ0n) is 19.5. The van der Waals surface area contributed by atoms with Crippen LogP contribution in [0.1, 0.15) is 57.2 Å². The van der Waals surface area contributed by atoms with Gasteiger partial charge in [-0.15, -0.1) is 12.6 Å². The van der Waals surface area contributed by atoms with Gasteiger partial charge in [0.25, 0.3) is 0 Å². The van der Waals surface area contributed by atoms with Crippen LogP contribution >= 0.6 is 12.6 Å². The third-order valence-corrected chi connectivity index (χ3v) is 10.4. The van der Waals surface area contributed by atoms with Crippen LogP contribution in [0.15, 0.2) is 36.0 Å². The van der Waals surface area contributed by atoms with E-state index in [2.05, 4.69) is 30.7 Å². The number of rotatable bonds is 2. The summed E-state index contributed by atoms with van der Waals surface area (Å²) in [6.45, 7) is 4.25. The number of aliphatic hydroxyl groups is 2. The Balaban J connectivity index is 1.38. The van der Waals surface area contributed by atoms with Gasteiger partial charge >= 0.3 is 0 Å². The van der Waals surface area contributed by atoms with Crippen LogP contribution in [0, 0.1) is 34.4 Å². The Morgan fingerprint density at radius 1 is 1.24 bits per heavy atom. The number of allylic oxidation sites excluding steroid dienone is 1. The van der Waals surface area contributed by atoms with Crippen molar-refractivity contribution in [3.8, 4) is 5.69 Å². The zero-order valence-corrected chi connectivity index (χ0v) is 20.4. The summed E-state index contributed by atoms with van der Waals surface area (Å²) in [7, 11) is 0. The SMILES string of the molecule is CC12Cc3cnn(-c4ccc(F)cc4)c3C=C1CCC1C2C(O)CC2(C)C1CCC2(O)C(=O)S. The van der Waals surface area contributed by atoms with E-state index >= 15 is 0 Å². The second-order valence-corrected chi connectivity index (χ2v) is 11.8. The maximum Gasteiger partial charge on any atom is 0.218 e. The molecule has 3 saturated carbocycles. The minimum atomic E-state index is -1.47. The summed E-state index contributed by atoms with van der Waals surface area (Å²) in [5.74, 6) is 0.214. The smallest absolute Gasteiger partial charge is 0.218 e. The van der Waals surface area contributed by atoms with E-state index in [1.54, 1.807) is 12.1 Å².